The molecule has 0 fully saturated rings. The highest BCUT2D eigenvalue weighted by Gasteiger charge is 2.11. The Morgan fingerprint density at radius 3 is 2.55 bits per heavy atom. The van der Waals surface area contributed by atoms with Crippen molar-refractivity contribution in [1.82, 2.24) is 0 Å². The van der Waals surface area contributed by atoms with E-state index in [0.29, 0.717) is 6.42 Å². The molecule has 0 saturated heterocycles. The third-order valence-electron chi connectivity index (χ3n) is 2.82. The van der Waals surface area contributed by atoms with E-state index in [-0.39, 0.29) is 10.6 Å². The highest BCUT2D eigenvalue weighted by molar-refractivity contribution is 7.85. The molecule has 0 heterocycles. The Hall–Kier alpha value is -1.40. The zero-order valence-electron chi connectivity index (χ0n) is 11.5. The molecule has 0 amide bonds. The monoisotopic (exact) mass is 300 g/mol. The van der Waals surface area contributed by atoms with E-state index >= 15 is 0 Å². The van der Waals surface area contributed by atoms with Crippen LogP contribution in [0.4, 0.5) is 0 Å². The number of hydrogen-bond donors (Lipinski definition) is 1. The van der Waals surface area contributed by atoms with Crippen LogP contribution in [0.5, 0.6) is 5.75 Å². The Kier molecular flexibility index (Phi) is 6.67. The van der Waals surface area contributed by atoms with Crippen LogP contribution in [0.2, 0.25) is 0 Å². The van der Waals surface area contributed by atoms with Crippen LogP contribution in [0.3, 0.4) is 0 Å². The van der Waals surface area contributed by atoms with Crippen molar-refractivity contribution in [3.63, 3.8) is 0 Å². The molecule has 0 aliphatic rings. The number of rotatable bonds is 8. The molecular weight excluding hydrogens is 280 g/mol. The molecule has 20 heavy (non-hydrogen) atoms. The summed E-state index contributed by atoms with van der Waals surface area (Å²) in [6.45, 7) is 2.12. The Morgan fingerprint density at radius 1 is 1.20 bits per heavy atom. The molecule has 0 atom stereocenters. The fourth-order valence-electron chi connectivity index (χ4n) is 1.75. The number of hydrogen-bond acceptors (Lipinski definition) is 4. The molecule has 1 N–H and O–H groups in total. The predicted octanol–water partition coefficient (Wildman–Crippen LogP) is 3.20. The first-order valence-corrected chi connectivity index (χ1v) is 8.15. The summed E-state index contributed by atoms with van der Waals surface area (Å²) < 4.78 is 35.9. The Bertz CT molecular complexity index is 536. The van der Waals surface area contributed by atoms with Gasteiger partial charge >= 0.3 is 5.97 Å². The van der Waals surface area contributed by atoms with Crippen LogP contribution in [-0.2, 0) is 14.9 Å². The second-order valence-corrected chi connectivity index (χ2v) is 6.01. The predicted molar refractivity (Wildman–Crippen MR) is 75.3 cm³/mol. The normalized spacial score (nSPS) is 11.3. The van der Waals surface area contributed by atoms with E-state index < -0.39 is 16.1 Å². The summed E-state index contributed by atoms with van der Waals surface area (Å²) >= 11 is 0. The maximum Gasteiger partial charge on any atom is 0.311 e. The van der Waals surface area contributed by atoms with Crippen LogP contribution >= 0.6 is 0 Å². The summed E-state index contributed by atoms with van der Waals surface area (Å²) in [4.78, 5) is 11.3. The quantitative estimate of drug-likeness (QED) is 0.345. The molecule has 0 aromatic heterocycles. The lowest BCUT2D eigenvalue weighted by molar-refractivity contribution is -0.134. The molecule has 1 aromatic rings. The molecule has 5 nitrogen and oxygen atoms in total. The molecule has 6 heteroatoms. The van der Waals surface area contributed by atoms with Gasteiger partial charge in [-0.05, 0) is 18.6 Å². The number of carbonyl (C=O) groups is 1. The lowest BCUT2D eigenvalue weighted by Gasteiger charge is -2.05. The molecule has 112 valence electrons. The van der Waals surface area contributed by atoms with Crippen LogP contribution in [0.15, 0.2) is 29.2 Å². The zero-order chi connectivity index (χ0) is 15.0. The minimum atomic E-state index is -4.28. The van der Waals surface area contributed by atoms with Gasteiger partial charge in [0, 0.05) is 12.5 Å². The fourth-order valence-corrected chi connectivity index (χ4v) is 2.27. The molecule has 0 unspecified atom stereocenters. The summed E-state index contributed by atoms with van der Waals surface area (Å²) in [7, 11) is -4.28. The maximum atomic E-state index is 11.6. The maximum absolute atomic E-state index is 11.6. The smallest absolute Gasteiger partial charge is 0.311 e. The Balaban J connectivity index is 2.46. The zero-order valence-corrected chi connectivity index (χ0v) is 12.4. The average molecular weight is 300 g/mol. The van der Waals surface area contributed by atoms with Crippen molar-refractivity contribution in [3.05, 3.63) is 24.3 Å². The fraction of sp³-hybridized carbons (Fsp3) is 0.500. The SMILES string of the molecule is CCCCCCCC(=O)Oc1cccc(S(=O)(=O)O)c1. The Labute approximate surface area is 119 Å². The summed E-state index contributed by atoms with van der Waals surface area (Å²) in [5.74, 6) is -0.271. The lowest BCUT2D eigenvalue weighted by atomic mass is 10.1. The van der Waals surface area contributed by atoms with Crippen molar-refractivity contribution >= 4 is 16.1 Å². The molecular formula is C14H20O5S. The lowest BCUT2D eigenvalue weighted by Crippen LogP contribution is -2.08. The highest BCUT2D eigenvalue weighted by Crippen LogP contribution is 2.18. The molecule has 0 bridgehead atoms. The molecule has 1 aromatic carbocycles. The molecule has 1 rings (SSSR count). The van der Waals surface area contributed by atoms with E-state index in [0.717, 1.165) is 38.2 Å². The molecule has 0 aliphatic carbocycles. The van der Waals surface area contributed by atoms with Gasteiger partial charge in [0.15, 0.2) is 0 Å². The number of ether oxygens (including phenoxy) is 1. The minimum absolute atomic E-state index is 0.124. The van der Waals surface area contributed by atoms with Gasteiger partial charge in [-0.25, -0.2) is 0 Å². The van der Waals surface area contributed by atoms with Crippen LogP contribution < -0.4 is 4.74 Å². The highest BCUT2D eigenvalue weighted by atomic mass is 32.2. The first kappa shape index (κ1) is 16.7. The number of esters is 1. The van der Waals surface area contributed by atoms with Gasteiger partial charge in [-0.3, -0.25) is 9.35 Å². The third-order valence-corrected chi connectivity index (χ3v) is 3.67. The van der Waals surface area contributed by atoms with E-state index in [1.54, 1.807) is 0 Å². The van der Waals surface area contributed by atoms with Crippen molar-refractivity contribution in [2.24, 2.45) is 0 Å². The van der Waals surface area contributed by atoms with Crippen LogP contribution in [0, 0.1) is 0 Å². The van der Waals surface area contributed by atoms with Gasteiger partial charge in [0.05, 0.1) is 4.90 Å². The molecule has 0 saturated carbocycles. The van der Waals surface area contributed by atoms with Gasteiger partial charge in [0.2, 0.25) is 0 Å². The largest absolute Gasteiger partial charge is 0.426 e. The number of carbonyl (C=O) groups excluding carboxylic acids is 1. The van der Waals surface area contributed by atoms with Crippen molar-refractivity contribution in [1.29, 1.82) is 0 Å². The second-order valence-electron chi connectivity index (χ2n) is 4.59. The van der Waals surface area contributed by atoms with Gasteiger partial charge in [-0.15, -0.1) is 0 Å². The average Bonchev–Trinajstić information content (AvgIpc) is 2.38. The standard InChI is InChI=1S/C14H20O5S/c1-2-3-4-5-6-10-14(15)19-12-8-7-9-13(11-12)20(16,17)18/h7-9,11H,2-6,10H2,1H3,(H,16,17,18). The molecule has 0 spiro atoms. The van der Waals surface area contributed by atoms with E-state index in [1.807, 2.05) is 0 Å². The summed E-state index contributed by atoms with van der Waals surface area (Å²) in [6.07, 6.45) is 5.45. The van der Waals surface area contributed by atoms with Gasteiger partial charge in [-0.1, -0.05) is 38.7 Å². The minimum Gasteiger partial charge on any atom is -0.426 e. The third kappa shape index (κ3) is 6.16. The van der Waals surface area contributed by atoms with Gasteiger partial charge in [0.1, 0.15) is 5.75 Å². The number of unbranched alkanes of at least 4 members (excludes halogenated alkanes) is 4. The summed E-state index contributed by atoms with van der Waals surface area (Å²) in [6, 6.07) is 5.25. The second kappa shape index (κ2) is 8.01. The summed E-state index contributed by atoms with van der Waals surface area (Å²) in [5, 5.41) is 0. The van der Waals surface area contributed by atoms with Crippen LogP contribution in [-0.4, -0.2) is 18.9 Å². The van der Waals surface area contributed by atoms with E-state index in [4.69, 9.17) is 9.29 Å². The van der Waals surface area contributed by atoms with Gasteiger partial charge in [-0.2, -0.15) is 8.42 Å². The van der Waals surface area contributed by atoms with Crippen molar-refractivity contribution < 1.29 is 22.5 Å². The molecule has 0 radical (unpaired) electrons. The topological polar surface area (TPSA) is 80.7 Å². The van der Waals surface area contributed by atoms with Crippen molar-refractivity contribution in [2.75, 3.05) is 0 Å². The Morgan fingerprint density at radius 2 is 1.90 bits per heavy atom. The van der Waals surface area contributed by atoms with E-state index in [2.05, 4.69) is 6.92 Å². The number of benzene rings is 1. The molecule has 0 aliphatic heterocycles. The van der Waals surface area contributed by atoms with Crippen LogP contribution in [0.25, 0.3) is 0 Å². The van der Waals surface area contributed by atoms with Crippen LogP contribution in [0.1, 0.15) is 45.4 Å². The summed E-state index contributed by atoms with van der Waals surface area (Å²) in [5.41, 5.74) is 0. The van der Waals surface area contributed by atoms with Crippen molar-refractivity contribution in [2.45, 2.75) is 50.3 Å². The van der Waals surface area contributed by atoms with E-state index in [9.17, 15) is 13.2 Å². The first-order valence-electron chi connectivity index (χ1n) is 6.71. The van der Waals surface area contributed by atoms with Crippen molar-refractivity contribution in [3.8, 4) is 5.75 Å². The van der Waals surface area contributed by atoms with E-state index in [1.165, 1.54) is 18.2 Å². The first-order chi connectivity index (χ1) is 9.43. The van der Waals surface area contributed by atoms with Gasteiger partial charge < -0.3 is 4.74 Å². The van der Waals surface area contributed by atoms with Gasteiger partial charge in [0.25, 0.3) is 10.1 Å².